The number of aliphatic hydroxyl groups is 3. The quantitative estimate of drug-likeness (QED) is 0.157. The van der Waals surface area contributed by atoms with Gasteiger partial charge in [0.2, 0.25) is 17.7 Å². The third kappa shape index (κ3) is 9.03. The highest BCUT2D eigenvalue weighted by Crippen LogP contribution is 2.07. The number of hydrogen-bond acceptors (Lipinski definition) is 8. The summed E-state index contributed by atoms with van der Waals surface area (Å²) in [5, 5.41) is 44.7. The van der Waals surface area contributed by atoms with Crippen molar-refractivity contribution in [1.29, 1.82) is 0 Å². The minimum atomic E-state index is -1.65. The van der Waals surface area contributed by atoms with Crippen LogP contribution < -0.4 is 21.7 Å². The topological polar surface area (TPSA) is 211 Å². The summed E-state index contributed by atoms with van der Waals surface area (Å²) in [4.78, 5) is 48.4. The van der Waals surface area contributed by atoms with E-state index in [-0.39, 0.29) is 12.3 Å². The monoisotopic (exact) mass is 434 g/mol. The second-order valence-electron chi connectivity index (χ2n) is 7.75. The standard InChI is InChI=1S/C18H34N4O8/c1-7(2)6-11(20-16(27)12(19)8(3)23)15(26)21-13(9(4)24)17(28)22-14(10(5)25)18(29)30/h7-14,23-25H,6,19H2,1-5H3,(H,20,27)(H,21,26)(H,22,28)(H,29,30). The van der Waals surface area contributed by atoms with E-state index in [1.807, 2.05) is 0 Å². The molecule has 3 amide bonds. The van der Waals surface area contributed by atoms with Crippen LogP contribution in [-0.2, 0) is 19.2 Å². The average molecular weight is 434 g/mol. The van der Waals surface area contributed by atoms with Gasteiger partial charge in [0.1, 0.15) is 18.1 Å². The van der Waals surface area contributed by atoms with Crippen LogP contribution in [0.2, 0.25) is 0 Å². The van der Waals surface area contributed by atoms with Crippen LogP contribution in [0, 0.1) is 5.92 Å². The number of amides is 3. The molecule has 0 spiro atoms. The molecule has 0 saturated heterocycles. The molecule has 0 fully saturated rings. The van der Waals surface area contributed by atoms with E-state index in [1.165, 1.54) is 13.8 Å². The lowest BCUT2D eigenvalue weighted by Crippen LogP contribution is -2.61. The first-order valence-corrected chi connectivity index (χ1v) is 9.62. The number of hydrogen-bond donors (Lipinski definition) is 8. The zero-order valence-corrected chi connectivity index (χ0v) is 17.8. The Bertz CT molecular complexity index is 609. The number of carbonyl (C=O) groups is 4. The summed E-state index contributed by atoms with van der Waals surface area (Å²) in [6.07, 6.45) is -3.82. The fourth-order valence-corrected chi connectivity index (χ4v) is 2.48. The molecule has 30 heavy (non-hydrogen) atoms. The normalized spacial score (nSPS) is 18.3. The Morgan fingerprint density at radius 1 is 0.733 bits per heavy atom. The number of nitrogens with one attached hydrogen (secondary N) is 3. The predicted molar refractivity (Wildman–Crippen MR) is 106 cm³/mol. The summed E-state index contributed by atoms with van der Waals surface area (Å²) in [6, 6.07) is -5.59. The number of carboxylic acid groups (broad SMARTS) is 1. The van der Waals surface area contributed by atoms with E-state index in [9.17, 15) is 34.5 Å². The van der Waals surface area contributed by atoms with Gasteiger partial charge in [-0.05, 0) is 33.1 Å². The lowest BCUT2D eigenvalue weighted by Gasteiger charge is -2.27. The van der Waals surface area contributed by atoms with E-state index in [0.717, 1.165) is 6.92 Å². The molecule has 7 unspecified atom stereocenters. The molecule has 0 aromatic rings. The number of nitrogens with two attached hydrogens (primary N) is 1. The van der Waals surface area contributed by atoms with Crippen LogP contribution in [-0.4, -0.2) is 86.6 Å². The van der Waals surface area contributed by atoms with Crippen LogP contribution in [0.3, 0.4) is 0 Å². The van der Waals surface area contributed by atoms with Crippen molar-refractivity contribution in [1.82, 2.24) is 16.0 Å². The van der Waals surface area contributed by atoms with Gasteiger partial charge in [0, 0.05) is 0 Å². The molecule has 0 saturated carbocycles. The lowest BCUT2D eigenvalue weighted by atomic mass is 10.0. The molecule has 0 aromatic heterocycles. The van der Waals surface area contributed by atoms with Crippen molar-refractivity contribution in [3.05, 3.63) is 0 Å². The van der Waals surface area contributed by atoms with E-state index in [4.69, 9.17) is 10.8 Å². The zero-order chi connectivity index (χ0) is 23.8. The lowest BCUT2D eigenvalue weighted by molar-refractivity contribution is -0.146. The van der Waals surface area contributed by atoms with Crippen LogP contribution in [0.1, 0.15) is 41.0 Å². The third-order valence-electron chi connectivity index (χ3n) is 4.27. The Balaban J connectivity index is 5.44. The Morgan fingerprint density at radius 3 is 1.57 bits per heavy atom. The van der Waals surface area contributed by atoms with E-state index in [1.54, 1.807) is 13.8 Å². The average Bonchev–Trinajstić information content (AvgIpc) is 2.60. The summed E-state index contributed by atoms with van der Waals surface area (Å²) in [6.45, 7) is 7.27. The van der Waals surface area contributed by atoms with E-state index < -0.39 is 66.2 Å². The maximum Gasteiger partial charge on any atom is 0.328 e. The molecule has 0 radical (unpaired) electrons. The van der Waals surface area contributed by atoms with Crippen LogP contribution in [0.4, 0.5) is 0 Å². The van der Waals surface area contributed by atoms with Crippen LogP contribution in [0.15, 0.2) is 0 Å². The molecule has 0 rings (SSSR count). The molecule has 0 aromatic carbocycles. The van der Waals surface area contributed by atoms with E-state index in [0.29, 0.717) is 0 Å². The smallest absolute Gasteiger partial charge is 0.328 e. The molecule has 7 atom stereocenters. The first kappa shape index (κ1) is 27.7. The Kier molecular flexibility index (Phi) is 11.5. The summed E-state index contributed by atoms with van der Waals surface area (Å²) in [5.41, 5.74) is 5.57. The third-order valence-corrected chi connectivity index (χ3v) is 4.27. The minimum Gasteiger partial charge on any atom is -0.480 e. The number of carboxylic acids is 1. The molecule has 0 aliphatic carbocycles. The van der Waals surface area contributed by atoms with Crippen molar-refractivity contribution in [3.8, 4) is 0 Å². The summed E-state index contributed by atoms with van der Waals surface area (Å²) < 4.78 is 0. The van der Waals surface area contributed by atoms with Crippen LogP contribution >= 0.6 is 0 Å². The second-order valence-corrected chi connectivity index (χ2v) is 7.75. The van der Waals surface area contributed by atoms with E-state index in [2.05, 4.69) is 16.0 Å². The van der Waals surface area contributed by atoms with Crippen LogP contribution in [0.5, 0.6) is 0 Å². The fourth-order valence-electron chi connectivity index (χ4n) is 2.48. The second kappa shape index (κ2) is 12.4. The molecule has 0 aliphatic heterocycles. The molecular weight excluding hydrogens is 400 g/mol. The van der Waals surface area contributed by atoms with Gasteiger partial charge in [-0.2, -0.15) is 0 Å². The molecular formula is C18H34N4O8. The van der Waals surface area contributed by atoms with Crippen molar-refractivity contribution in [2.45, 2.75) is 83.5 Å². The van der Waals surface area contributed by atoms with Gasteiger partial charge in [-0.15, -0.1) is 0 Å². The molecule has 0 aliphatic rings. The van der Waals surface area contributed by atoms with E-state index >= 15 is 0 Å². The maximum atomic E-state index is 12.7. The minimum absolute atomic E-state index is 0.0470. The Labute approximate surface area is 175 Å². The molecule has 0 heterocycles. The van der Waals surface area contributed by atoms with Crippen molar-refractivity contribution < 1.29 is 39.6 Å². The Morgan fingerprint density at radius 2 is 1.20 bits per heavy atom. The Hall–Kier alpha value is -2.28. The van der Waals surface area contributed by atoms with Crippen molar-refractivity contribution in [2.24, 2.45) is 11.7 Å². The highest BCUT2D eigenvalue weighted by atomic mass is 16.4. The number of aliphatic hydroxyl groups excluding tert-OH is 3. The molecule has 12 nitrogen and oxygen atoms in total. The fraction of sp³-hybridized carbons (Fsp3) is 0.778. The number of aliphatic carboxylic acids is 1. The SMILES string of the molecule is CC(C)CC(NC(=O)C(N)C(C)O)C(=O)NC(C(=O)NC(C(=O)O)C(C)O)C(C)O. The van der Waals surface area contributed by atoms with Crippen LogP contribution in [0.25, 0.3) is 0 Å². The van der Waals surface area contributed by atoms with Gasteiger partial charge in [0.05, 0.1) is 18.3 Å². The number of rotatable bonds is 12. The first-order valence-electron chi connectivity index (χ1n) is 9.62. The van der Waals surface area contributed by atoms with Gasteiger partial charge in [-0.1, -0.05) is 13.8 Å². The van der Waals surface area contributed by atoms with Gasteiger partial charge >= 0.3 is 5.97 Å². The largest absolute Gasteiger partial charge is 0.480 e. The maximum absolute atomic E-state index is 12.7. The number of carbonyl (C=O) groups excluding carboxylic acids is 3. The summed E-state index contributed by atoms with van der Waals surface area (Å²) in [7, 11) is 0. The first-order chi connectivity index (χ1) is 13.7. The van der Waals surface area contributed by atoms with Gasteiger partial charge in [-0.25, -0.2) is 4.79 Å². The van der Waals surface area contributed by atoms with Gasteiger partial charge in [-0.3, -0.25) is 14.4 Å². The summed E-state index contributed by atoms with van der Waals surface area (Å²) in [5.74, 6) is -4.15. The highest BCUT2D eigenvalue weighted by Gasteiger charge is 2.34. The highest BCUT2D eigenvalue weighted by molar-refractivity contribution is 5.94. The van der Waals surface area contributed by atoms with Gasteiger partial charge in [0.15, 0.2) is 6.04 Å². The molecule has 9 N–H and O–H groups in total. The molecule has 174 valence electrons. The molecule has 0 bridgehead atoms. The summed E-state index contributed by atoms with van der Waals surface area (Å²) >= 11 is 0. The molecule has 12 heteroatoms. The zero-order valence-electron chi connectivity index (χ0n) is 17.8. The van der Waals surface area contributed by atoms with Gasteiger partial charge < -0.3 is 42.1 Å². The predicted octanol–water partition coefficient (Wildman–Crippen LogP) is -2.96. The van der Waals surface area contributed by atoms with Crippen molar-refractivity contribution >= 4 is 23.7 Å². The van der Waals surface area contributed by atoms with Crippen molar-refractivity contribution in [3.63, 3.8) is 0 Å². The van der Waals surface area contributed by atoms with Gasteiger partial charge in [0.25, 0.3) is 0 Å². The van der Waals surface area contributed by atoms with Crippen molar-refractivity contribution in [2.75, 3.05) is 0 Å².